The molecule has 1 fully saturated rings. The van der Waals surface area contributed by atoms with Crippen molar-refractivity contribution in [3.63, 3.8) is 0 Å². The van der Waals surface area contributed by atoms with Crippen LogP contribution in [-0.4, -0.2) is 74.4 Å². The summed E-state index contributed by atoms with van der Waals surface area (Å²) in [7, 11) is 0. The molecule has 0 bridgehead atoms. The van der Waals surface area contributed by atoms with Crippen molar-refractivity contribution in [2.24, 2.45) is 10.9 Å². The molecule has 2 aromatic rings. The van der Waals surface area contributed by atoms with Gasteiger partial charge in [0.1, 0.15) is 6.61 Å². The Kier molecular flexibility index (Phi) is 7.11. The minimum atomic E-state index is -0.490. The van der Waals surface area contributed by atoms with E-state index in [-0.39, 0.29) is 36.2 Å². The second-order valence-electron chi connectivity index (χ2n) is 9.57. The van der Waals surface area contributed by atoms with Crippen LogP contribution in [-0.2, 0) is 9.59 Å². The molecule has 0 spiro atoms. The molecule has 2 aromatic heterocycles. The van der Waals surface area contributed by atoms with Gasteiger partial charge < -0.3 is 15.3 Å². The number of carbonyl (C=O) groups excluding carboxylic acids is 3. The Balaban J connectivity index is 1.61. The van der Waals surface area contributed by atoms with Gasteiger partial charge in [0.25, 0.3) is 11.8 Å². The summed E-state index contributed by atoms with van der Waals surface area (Å²) in [6.07, 6.45) is 4.91. The van der Waals surface area contributed by atoms with E-state index in [2.05, 4.69) is 15.4 Å². The number of amides is 3. The van der Waals surface area contributed by atoms with Gasteiger partial charge in [-0.15, -0.1) is 0 Å². The molecule has 3 amide bonds. The Hall–Kier alpha value is -3.40. The molecule has 2 aliphatic rings. The van der Waals surface area contributed by atoms with Crippen LogP contribution in [0.2, 0.25) is 0 Å². The van der Waals surface area contributed by atoms with Gasteiger partial charge in [0.05, 0.1) is 23.1 Å². The van der Waals surface area contributed by atoms with Gasteiger partial charge in [-0.2, -0.15) is 5.10 Å². The average molecular weight is 481 g/mol. The van der Waals surface area contributed by atoms with Crippen LogP contribution < -0.4 is 5.32 Å². The lowest BCUT2D eigenvalue weighted by Crippen LogP contribution is -2.39. The lowest BCUT2D eigenvalue weighted by molar-refractivity contribution is -0.135. The van der Waals surface area contributed by atoms with E-state index < -0.39 is 12.5 Å². The quantitative estimate of drug-likeness (QED) is 0.651. The molecule has 1 unspecified atom stereocenters. The highest BCUT2D eigenvalue weighted by molar-refractivity contribution is 6.07. The summed E-state index contributed by atoms with van der Waals surface area (Å²) in [6, 6.07) is 1.87. The first-order valence-corrected chi connectivity index (χ1v) is 12.0. The summed E-state index contributed by atoms with van der Waals surface area (Å²) in [5.74, 6) is -1.22. The second-order valence-corrected chi connectivity index (χ2v) is 9.57. The van der Waals surface area contributed by atoms with Crippen molar-refractivity contribution in [1.29, 1.82) is 0 Å². The number of aliphatic imine (C=N–C) groups is 1. The van der Waals surface area contributed by atoms with E-state index in [0.29, 0.717) is 48.2 Å². The van der Waals surface area contributed by atoms with Crippen LogP contribution >= 0.6 is 0 Å². The standard InChI is InChI=1S/C25H32N6O4/c1-14(2)31-23-20(12-27-31)18(24(34)26-11-19-15(3)9-16(4)28-25(19)35)10-21(29-23)17-5-7-30(8-6-17)22(33)13-32/h9-10,12,14,17,19,32H,5-8,11,13H2,1-4H3,(H,26,34). The van der Waals surface area contributed by atoms with Crippen LogP contribution in [0.1, 0.15) is 68.5 Å². The minimum absolute atomic E-state index is 0.0592. The van der Waals surface area contributed by atoms with Crippen LogP contribution in [0, 0.1) is 5.92 Å². The number of aliphatic hydroxyl groups is 1. The van der Waals surface area contributed by atoms with Gasteiger partial charge in [-0.25, -0.2) is 14.7 Å². The van der Waals surface area contributed by atoms with Gasteiger partial charge in [0.15, 0.2) is 5.65 Å². The molecule has 4 rings (SSSR count). The number of dihydropyridines is 1. The number of nitrogens with one attached hydrogen (secondary N) is 1. The zero-order valence-corrected chi connectivity index (χ0v) is 20.6. The SMILES string of the molecule is CC1=CC(C)=NC(=O)C1CNC(=O)c1cc(C2CCN(C(=O)CO)CC2)nc2c1cnn2C(C)C. The van der Waals surface area contributed by atoms with Gasteiger partial charge >= 0.3 is 0 Å². The van der Waals surface area contributed by atoms with E-state index in [9.17, 15) is 14.4 Å². The van der Waals surface area contributed by atoms with Gasteiger partial charge in [-0.1, -0.05) is 5.57 Å². The highest BCUT2D eigenvalue weighted by atomic mass is 16.3. The molecule has 0 radical (unpaired) electrons. The van der Waals surface area contributed by atoms with Crippen molar-refractivity contribution >= 4 is 34.5 Å². The molecular weight excluding hydrogens is 448 g/mol. The fraction of sp³-hybridized carbons (Fsp3) is 0.520. The van der Waals surface area contributed by atoms with E-state index >= 15 is 0 Å². The van der Waals surface area contributed by atoms with E-state index in [4.69, 9.17) is 10.1 Å². The average Bonchev–Trinajstić information content (AvgIpc) is 3.26. The van der Waals surface area contributed by atoms with Crippen molar-refractivity contribution in [2.45, 2.75) is 52.5 Å². The molecule has 0 saturated carbocycles. The lowest BCUT2D eigenvalue weighted by atomic mass is 9.91. The summed E-state index contributed by atoms with van der Waals surface area (Å²) in [6.45, 7) is 8.40. The Morgan fingerprint density at radius 2 is 1.94 bits per heavy atom. The minimum Gasteiger partial charge on any atom is -0.387 e. The summed E-state index contributed by atoms with van der Waals surface area (Å²) >= 11 is 0. The normalized spacial score (nSPS) is 19.2. The number of allylic oxidation sites excluding steroid dienone is 1. The first kappa shape index (κ1) is 24.7. The maximum absolute atomic E-state index is 13.4. The largest absolute Gasteiger partial charge is 0.387 e. The number of piperidine rings is 1. The molecule has 35 heavy (non-hydrogen) atoms. The highest BCUT2D eigenvalue weighted by Crippen LogP contribution is 2.31. The smallest absolute Gasteiger partial charge is 0.254 e. The first-order chi connectivity index (χ1) is 16.7. The summed E-state index contributed by atoms with van der Waals surface area (Å²) in [5, 5.41) is 17.2. The molecule has 2 aliphatic heterocycles. The fourth-order valence-corrected chi connectivity index (χ4v) is 4.78. The molecular formula is C25H32N6O4. The summed E-state index contributed by atoms with van der Waals surface area (Å²) in [4.78, 5) is 48.1. The van der Waals surface area contributed by atoms with Gasteiger partial charge in [0, 0.05) is 43.0 Å². The molecule has 1 atom stereocenters. The third-order valence-corrected chi connectivity index (χ3v) is 6.76. The Labute approximate surface area is 204 Å². The molecule has 0 aromatic carbocycles. The number of hydrogen-bond donors (Lipinski definition) is 2. The van der Waals surface area contributed by atoms with E-state index in [1.165, 1.54) is 0 Å². The van der Waals surface area contributed by atoms with Crippen LogP contribution in [0.4, 0.5) is 0 Å². The van der Waals surface area contributed by atoms with E-state index in [0.717, 1.165) is 11.3 Å². The van der Waals surface area contributed by atoms with E-state index in [1.807, 2.05) is 32.9 Å². The van der Waals surface area contributed by atoms with Crippen LogP contribution in [0.3, 0.4) is 0 Å². The maximum Gasteiger partial charge on any atom is 0.254 e. The Morgan fingerprint density at radius 1 is 1.23 bits per heavy atom. The number of pyridine rings is 1. The molecule has 0 aliphatic carbocycles. The number of fused-ring (bicyclic) bond motifs is 1. The summed E-state index contributed by atoms with van der Waals surface area (Å²) in [5.41, 5.74) is 3.44. The molecule has 186 valence electrons. The Morgan fingerprint density at radius 3 is 2.57 bits per heavy atom. The van der Waals surface area contributed by atoms with Gasteiger partial charge in [-0.05, 0) is 52.7 Å². The number of likely N-dealkylation sites (tertiary alicyclic amines) is 1. The Bertz CT molecular complexity index is 1220. The fourth-order valence-electron chi connectivity index (χ4n) is 4.78. The molecule has 1 saturated heterocycles. The lowest BCUT2D eigenvalue weighted by Gasteiger charge is -2.31. The predicted molar refractivity (Wildman–Crippen MR) is 131 cm³/mol. The third-order valence-electron chi connectivity index (χ3n) is 6.76. The monoisotopic (exact) mass is 480 g/mol. The van der Waals surface area contributed by atoms with Crippen molar-refractivity contribution in [2.75, 3.05) is 26.2 Å². The van der Waals surface area contributed by atoms with E-state index in [1.54, 1.807) is 22.7 Å². The third kappa shape index (κ3) is 5.02. The molecule has 2 N–H and O–H groups in total. The topological polar surface area (TPSA) is 130 Å². The zero-order valence-electron chi connectivity index (χ0n) is 20.6. The number of nitrogens with zero attached hydrogens (tertiary/aromatic N) is 5. The van der Waals surface area contributed by atoms with Crippen molar-refractivity contribution in [3.8, 4) is 0 Å². The molecule has 10 nitrogen and oxygen atoms in total. The number of carbonyl (C=O) groups is 3. The molecule has 10 heteroatoms. The zero-order chi connectivity index (χ0) is 25.3. The number of aromatic nitrogens is 3. The van der Waals surface area contributed by atoms with Crippen molar-refractivity contribution in [3.05, 3.63) is 35.2 Å². The number of hydrogen-bond acceptors (Lipinski definition) is 6. The highest BCUT2D eigenvalue weighted by Gasteiger charge is 2.28. The second kappa shape index (κ2) is 10.1. The van der Waals surface area contributed by atoms with Crippen LogP contribution in [0.15, 0.2) is 28.9 Å². The number of rotatable bonds is 6. The molecule has 4 heterocycles. The van der Waals surface area contributed by atoms with Crippen molar-refractivity contribution < 1.29 is 19.5 Å². The van der Waals surface area contributed by atoms with Gasteiger partial charge in [0.2, 0.25) is 5.91 Å². The predicted octanol–water partition coefficient (Wildman–Crippen LogP) is 2.00. The van der Waals surface area contributed by atoms with Crippen molar-refractivity contribution in [1.82, 2.24) is 25.0 Å². The first-order valence-electron chi connectivity index (χ1n) is 12.0. The van der Waals surface area contributed by atoms with Crippen LogP contribution in [0.5, 0.6) is 0 Å². The summed E-state index contributed by atoms with van der Waals surface area (Å²) < 4.78 is 1.80. The van der Waals surface area contributed by atoms with Crippen LogP contribution in [0.25, 0.3) is 11.0 Å². The number of aliphatic hydroxyl groups excluding tert-OH is 1. The maximum atomic E-state index is 13.4. The van der Waals surface area contributed by atoms with Gasteiger partial charge in [-0.3, -0.25) is 14.4 Å².